The zero-order valence-corrected chi connectivity index (χ0v) is 33.4. The van der Waals surface area contributed by atoms with E-state index in [0.29, 0.717) is 0 Å². The lowest BCUT2D eigenvalue weighted by Gasteiger charge is -2.38. The first kappa shape index (κ1) is 43.5. The number of aromatic hydroxyl groups is 3. The SMILES string of the molecule is COC1C=COC2(C)Oc3c(C)c(O)c4c(O)c(c(/C=N/NC(N)=S)c(O)c4c3C2=O)NC(=O)C(C)=CC=CC(C)C(O)C(C)C(O)C(C)C(OC(C)=O)C1C. The molecule has 3 aliphatic heterocycles. The van der Waals surface area contributed by atoms with E-state index < -0.39 is 88.8 Å². The topological polar surface area (TPSA) is 252 Å². The molecule has 3 heterocycles. The van der Waals surface area contributed by atoms with Crippen molar-refractivity contribution in [3.63, 3.8) is 0 Å². The van der Waals surface area contributed by atoms with Gasteiger partial charge in [0.05, 0.1) is 53.0 Å². The standard InChI is InChI=1S/C39H50N4O12S/c1-16-11-10-12-17(2)37(51)42-28-23(15-41-43-38(40)56)32(48)25-26(33(28)49)31(47)21(6)35-27(25)36(50)39(8,55-35)53-14-13-24(52-9)18(3)34(54-22(7)44)20(5)30(46)19(4)29(16)45/h10-16,18-20,24,29-30,34,45-49H,1-9H3,(H,42,51)(H3,40,43,56)/b11-10?,14-13?,17-12?,41-15+. The van der Waals surface area contributed by atoms with Crippen LogP contribution >= 0.6 is 12.2 Å². The molecule has 304 valence electrons. The number of nitrogens with two attached hydrogens (primary N) is 1. The molecular weight excluding hydrogens is 749 g/mol. The van der Waals surface area contributed by atoms with E-state index >= 15 is 0 Å². The molecule has 0 fully saturated rings. The van der Waals surface area contributed by atoms with Gasteiger partial charge in [0.15, 0.2) is 10.9 Å². The van der Waals surface area contributed by atoms with E-state index in [-0.39, 0.29) is 49.6 Å². The van der Waals surface area contributed by atoms with Gasteiger partial charge in [-0.15, -0.1) is 0 Å². The van der Waals surface area contributed by atoms with E-state index in [2.05, 4.69) is 15.8 Å². The molecule has 17 heteroatoms. The number of methoxy groups -OCH3 is 1. The number of benzene rings is 2. The number of carbonyl (C=O) groups is 3. The van der Waals surface area contributed by atoms with Gasteiger partial charge in [-0.05, 0) is 32.1 Å². The molecule has 0 saturated heterocycles. The van der Waals surface area contributed by atoms with Crippen LogP contribution in [0.25, 0.3) is 10.8 Å². The van der Waals surface area contributed by atoms with Crippen molar-refractivity contribution in [3.8, 4) is 23.0 Å². The minimum atomic E-state index is -2.08. The Morgan fingerprint density at radius 3 is 2.29 bits per heavy atom. The van der Waals surface area contributed by atoms with Crippen LogP contribution in [0.5, 0.6) is 23.0 Å². The van der Waals surface area contributed by atoms with Crippen LogP contribution in [0.15, 0.2) is 41.2 Å². The van der Waals surface area contributed by atoms with Gasteiger partial charge in [0.25, 0.3) is 11.7 Å². The van der Waals surface area contributed by atoms with Crippen molar-refractivity contribution in [3.05, 3.63) is 52.8 Å². The average Bonchev–Trinajstić information content (AvgIpc) is 3.41. The lowest BCUT2D eigenvalue weighted by molar-refractivity contribution is -0.160. The normalized spacial score (nSPS) is 28.9. The molecule has 1 amide bonds. The maximum absolute atomic E-state index is 14.3. The second-order valence-electron chi connectivity index (χ2n) is 14.4. The predicted molar refractivity (Wildman–Crippen MR) is 211 cm³/mol. The molecule has 9 atom stereocenters. The summed E-state index contributed by atoms with van der Waals surface area (Å²) in [5.41, 5.74) is 7.04. The Labute approximate surface area is 329 Å². The van der Waals surface area contributed by atoms with E-state index in [9.17, 15) is 39.9 Å². The summed E-state index contributed by atoms with van der Waals surface area (Å²) in [6.45, 7) is 12.3. The van der Waals surface area contributed by atoms with E-state index in [4.69, 9.17) is 36.9 Å². The molecule has 0 aliphatic carbocycles. The number of hydrogen-bond donors (Lipinski definition) is 8. The molecule has 2 aromatic carbocycles. The molecule has 9 unspecified atom stereocenters. The number of nitrogens with one attached hydrogen (secondary N) is 2. The summed E-state index contributed by atoms with van der Waals surface area (Å²) < 4.78 is 23.4. The summed E-state index contributed by atoms with van der Waals surface area (Å²) >= 11 is 4.81. The van der Waals surface area contributed by atoms with E-state index in [1.807, 2.05) is 0 Å². The highest BCUT2D eigenvalue weighted by Crippen LogP contribution is 2.55. The average molecular weight is 799 g/mol. The van der Waals surface area contributed by atoms with Gasteiger partial charge >= 0.3 is 11.8 Å². The number of aliphatic hydroxyl groups is 2. The molecule has 0 radical (unpaired) electrons. The van der Waals surface area contributed by atoms with Gasteiger partial charge in [0.2, 0.25) is 0 Å². The smallest absolute Gasteiger partial charge is 0.312 e. The number of esters is 1. The number of carbonyl (C=O) groups excluding carboxylic acids is 3. The van der Waals surface area contributed by atoms with Crippen molar-refractivity contribution < 1.29 is 58.9 Å². The number of hydrazone groups is 1. The fraction of sp³-hybridized carbons (Fsp3) is 0.462. The summed E-state index contributed by atoms with van der Waals surface area (Å²) in [5, 5.41) is 63.1. The van der Waals surface area contributed by atoms with Crippen molar-refractivity contribution in [1.29, 1.82) is 0 Å². The van der Waals surface area contributed by atoms with E-state index in [1.54, 1.807) is 39.8 Å². The summed E-state index contributed by atoms with van der Waals surface area (Å²) in [7, 11) is 1.42. The monoisotopic (exact) mass is 798 g/mol. The molecule has 0 saturated carbocycles. The van der Waals surface area contributed by atoms with Crippen LogP contribution in [0.3, 0.4) is 0 Å². The van der Waals surface area contributed by atoms with Crippen molar-refractivity contribution in [2.24, 2.45) is 34.5 Å². The number of ether oxygens (including phenoxy) is 4. The molecule has 9 N–H and O–H groups in total. The second kappa shape index (κ2) is 17.3. The van der Waals surface area contributed by atoms with Crippen molar-refractivity contribution in [2.45, 2.75) is 85.6 Å². The quantitative estimate of drug-likeness (QED) is 0.0545. The molecule has 0 aromatic heterocycles. The fourth-order valence-corrected chi connectivity index (χ4v) is 7.09. The first-order chi connectivity index (χ1) is 26.2. The van der Waals surface area contributed by atoms with Crippen molar-refractivity contribution in [2.75, 3.05) is 12.4 Å². The first-order valence-corrected chi connectivity index (χ1v) is 18.3. The zero-order chi connectivity index (χ0) is 42.0. The van der Waals surface area contributed by atoms with Gasteiger partial charge in [-0.2, -0.15) is 5.10 Å². The highest BCUT2D eigenvalue weighted by atomic mass is 32.1. The van der Waals surface area contributed by atoms with Gasteiger partial charge < -0.3 is 55.5 Å². The number of rotatable bonds is 4. The van der Waals surface area contributed by atoms with Crippen LogP contribution < -0.4 is 21.2 Å². The Morgan fingerprint density at radius 1 is 1.02 bits per heavy atom. The van der Waals surface area contributed by atoms with Crippen LogP contribution in [0, 0.1) is 30.6 Å². The number of phenols is 3. The fourth-order valence-electron chi connectivity index (χ4n) is 7.03. The molecule has 0 spiro atoms. The number of amides is 1. The summed E-state index contributed by atoms with van der Waals surface area (Å²) in [6.07, 6.45) is 4.31. The summed E-state index contributed by atoms with van der Waals surface area (Å²) in [5.74, 6) is -8.89. The molecule has 16 nitrogen and oxygen atoms in total. The van der Waals surface area contributed by atoms with Crippen LogP contribution in [0.1, 0.15) is 70.0 Å². The number of anilines is 1. The molecule has 5 rings (SSSR count). The maximum atomic E-state index is 14.3. The number of Topliss-reactive ketones (excluding diaryl/α,β-unsaturated/α-hetero) is 1. The Kier molecular flexibility index (Phi) is 13.4. The number of hydrogen-bond acceptors (Lipinski definition) is 14. The number of aliphatic hydroxyl groups excluding tert-OH is 2. The van der Waals surface area contributed by atoms with Crippen LogP contribution in [-0.2, 0) is 23.8 Å². The third-order valence-electron chi connectivity index (χ3n) is 10.4. The number of phenolic OH excluding ortho intramolecular Hbond substituents is 3. The number of allylic oxidation sites excluding steroid dienone is 2. The van der Waals surface area contributed by atoms with Crippen molar-refractivity contribution in [1.82, 2.24) is 5.43 Å². The molecule has 3 aliphatic rings. The Bertz CT molecular complexity index is 2030. The third kappa shape index (κ3) is 8.45. The number of ketones is 1. The predicted octanol–water partition coefficient (Wildman–Crippen LogP) is 3.92. The maximum Gasteiger partial charge on any atom is 0.312 e. The summed E-state index contributed by atoms with van der Waals surface area (Å²) in [4.78, 5) is 40.1. The van der Waals surface area contributed by atoms with Crippen LogP contribution in [0.4, 0.5) is 5.69 Å². The van der Waals surface area contributed by atoms with Gasteiger partial charge in [-0.25, -0.2) is 0 Å². The number of fused-ring (bicyclic) bond motifs is 14. The van der Waals surface area contributed by atoms with Crippen molar-refractivity contribution >= 4 is 57.7 Å². The minimum absolute atomic E-state index is 0.0122. The Hall–Kier alpha value is -5.23. The van der Waals surface area contributed by atoms with Gasteiger partial charge in [-0.3, -0.25) is 19.8 Å². The number of thiocarbonyl (C=S) groups is 1. The zero-order valence-electron chi connectivity index (χ0n) is 32.6. The van der Waals surface area contributed by atoms with Gasteiger partial charge in [-0.1, -0.05) is 45.9 Å². The largest absolute Gasteiger partial charge is 0.507 e. The van der Waals surface area contributed by atoms with Crippen LogP contribution in [-0.4, -0.2) is 91.8 Å². The highest BCUT2D eigenvalue weighted by Gasteiger charge is 2.50. The Morgan fingerprint density at radius 2 is 1.68 bits per heavy atom. The lowest BCUT2D eigenvalue weighted by Crippen LogP contribution is -2.46. The Balaban J connectivity index is 1.98. The highest BCUT2D eigenvalue weighted by molar-refractivity contribution is 7.80. The lowest BCUT2D eigenvalue weighted by atomic mass is 9.78. The number of nitrogens with zero attached hydrogens (tertiary/aromatic N) is 1. The summed E-state index contributed by atoms with van der Waals surface area (Å²) in [6, 6.07) is 0. The molecule has 5 bridgehead atoms. The van der Waals surface area contributed by atoms with Gasteiger partial charge in [0, 0.05) is 61.2 Å². The first-order valence-electron chi connectivity index (χ1n) is 17.8. The molecule has 56 heavy (non-hydrogen) atoms. The molecular formula is C39H50N4O12S. The molecule has 2 aromatic rings. The van der Waals surface area contributed by atoms with Crippen LogP contribution in [0.2, 0.25) is 0 Å². The third-order valence-corrected chi connectivity index (χ3v) is 10.5. The second-order valence-corrected chi connectivity index (χ2v) is 14.8. The van der Waals surface area contributed by atoms with E-state index in [1.165, 1.54) is 47.0 Å². The minimum Gasteiger partial charge on any atom is -0.507 e. The van der Waals surface area contributed by atoms with Gasteiger partial charge in [0.1, 0.15) is 23.4 Å². The van der Waals surface area contributed by atoms with E-state index in [0.717, 1.165) is 12.5 Å².